The number of Topliss-reactive ketones (excluding diaryl/α,β-unsaturated/α-hetero) is 1. The summed E-state index contributed by atoms with van der Waals surface area (Å²) in [4.78, 5) is 12.9. The van der Waals surface area contributed by atoms with Gasteiger partial charge in [0.25, 0.3) is 0 Å². The van der Waals surface area contributed by atoms with Crippen LogP contribution in [0.25, 0.3) is 0 Å². The van der Waals surface area contributed by atoms with E-state index in [1.807, 2.05) is 0 Å². The number of hydrogen-bond donors (Lipinski definition) is 0. The molecule has 8 aliphatic carbocycles. The predicted octanol–water partition coefficient (Wildman–Crippen LogP) is 4.31. The monoisotopic (exact) mass is 285 g/mol. The second kappa shape index (κ2) is 3.95. The molecule has 21 heavy (non-hydrogen) atoms. The third-order valence-corrected chi connectivity index (χ3v) is 8.60. The molecule has 0 saturated heterocycles. The molecule has 0 unspecified atom stereocenters. The standard InChI is InChI=1S/C20H28O/c21-20-16-7-12-6-15(9-16)19(17(20)8-12)18-13-2-10-1-11(4-13)5-14(18)3-10/h10-19H,1-9H2/t10?,11?,12-,13?,14?,15+,16-,17+,18?,19-/m1/s1/i19D. The first-order valence-corrected chi connectivity index (χ1v) is 9.66. The van der Waals surface area contributed by atoms with Gasteiger partial charge in [0.2, 0.25) is 0 Å². The van der Waals surface area contributed by atoms with Crippen molar-refractivity contribution < 1.29 is 6.17 Å². The first-order valence-electron chi connectivity index (χ1n) is 10.2. The second-order valence-corrected chi connectivity index (χ2v) is 9.61. The number of carbonyl (C=O) groups is 1. The van der Waals surface area contributed by atoms with E-state index in [1.165, 1.54) is 44.9 Å². The Morgan fingerprint density at radius 2 is 1.33 bits per heavy atom. The summed E-state index contributed by atoms with van der Waals surface area (Å²) >= 11 is 0. The van der Waals surface area contributed by atoms with Crippen molar-refractivity contribution in [3.63, 3.8) is 0 Å². The first-order chi connectivity index (χ1) is 10.6. The smallest absolute Gasteiger partial charge is 0.139 e. The molecule has 5 atom stereocenters. The van der Waals surface area contributed by atoms with Gasteiger partial charge in [0, 0.05) is 13.2 Å². The molecule has 8 bridgehead atoms. The third kappa shape index (κ3) is 1.51. The molecule has 114 valence electrons. The number of fused-ring (bicyclic) bond motifs is 1. The highest BCUT2D eigenvalue weighted by Crippen LogP contribution is 2.65. The lowest BCUT2D eigenvalue weighted by molar-refractivity contribution is -0.163. The quantitative estimate of drug-likeness (QED) is 0.701. The van der Waals surface area contributed by atoms with E-state index in [9.17, 15) is 6.17 Å². The minimum Gasteiger partial charge on any atom is -0.299 e. The molecule has 0 aromatic carbocycles. The highest BCUT2D eigenvalue weighted by atomic mass is 16.1. The number of carbonyl (C=O) groups excluding carboxylic acids is 1. The molecule has 8 aliphatic rings. The maximum absolute atomic E-state index is 12.9. The van der Waals surface area contributed by atoms with Crippen LogP contribution in [-0.2, 0) is 4.79 Å². The SMILES string of the molecule is [2H][C@@]1(C2C3CC4CC(C3)CC2C4)[C@H]2C[C@@H]3C[C@H](C2)C(=O)[C@H]1C3. The van der Waals surface area contributed by atoms with E-state index in [4.69, 9.17) is 0 Å². The van der Waals surface area contributed by atoms with Gasteiger partial charge in [0.1, 0.15) is 5.78 Å². The van der Waals surface area contributed by atoms with Gasteiger partial charge in [-0.1, -0.05) is 0 Å². The molecule has 0 spiro atoms. The van der Waals surface area contributed by atoms with Crippen molar-refractivity contribution in [3.8, 4) is 0 Å². The Kier molecular flexibility index (Phi) is 2.11. The average molecular weight is 285 g/mol. The van der Waals surface area contributed by atoms with Gasteiger partial charge >= 0.3 is 0 Å². The molecule has 0 radical (unpaired) electrons. The summed E-state index contributed by atoms with van der Waals surface area (Å²) in [5.41, 5.74) is 0. The fourth-order valence-corrected chi connectivity index (χ4v) is 8.43. The summed E-state index contributed by atoms with van der Waals surface area (Å²) in [6.45, 7) is 0. The molecule has 1 heteroatoms. The highest BCUT2D eigenvalue weighted by molar-refractivity contribution is 5.85. The van der Waals surface area contributed by atoms with Crippen LogP contribution in [0.1, 0.15) is 59.2 Å². The summed E-state index contributed by atoms with van der Waals surface area (Å²) < 4.78 is 9.63. The molecule has 0 amide bonds. The fourth-order valence-electron chi connectivity index (χ4n) is 8.43. The topological polar surface area (TPSA) is 17.1 Å². The Morgan fingerprint density at radius 1 is 0.714 bits per heavy atom. The Morgan fingerprint density at radius 3 is 2.05 bits per heavy atom. The average Bonchev–Trinajstić information content (AvgIpc) is 2.48. The van der Waals surface area contributed by atoms with E-state index in [1.54, 1.807) is 0 Å². The van der Waals surface area contributed by atoms with Crippen molar-refractivity contribution in [2.24, 2.45) is 59.2 Å². The maximum Gasteiger partial charge on any atom is 0.139 e. The fraction of sp³-hybridized carbons (Fsp3) is 0.950. The summed E-state index contributed by atoms with van der Waals surface area (Å²) in [6.07, 6.45) is 11.7. The molecule has 1 nitrogen and oxygen atoms in total. The zero-order valence-corrected chi connectivity index (χ0v) is 13.0. The van der Waals surface area contributed by atoms with Crippen LogP contribution >= 0.6 is 0 Å². The van der Waals surface area contributed by atoms with Crippen molar-refractivity contribution in [1.29, 1.82) is 0 Å². The maximum atomic E-state index is 12.9. The van der Waals surface area contributed by atoms with Crippen molar-refractivity contribution in [1.82, 2.24) is 0 Å². The Hall–Kier alpha value is -0.330. The molecular weight excluding hydrogens is 256 g/mol. The number of rotatable bonds is 1. The van der Waals surface area contributed by atoms with Crippen LogP contribution in [-0.4, -0.2) is 5.78 Å². The van der Waals surface area contributed by atoms with E-state index < -0.39 is 0 Å². The van der Waals surface area contributed by atoms with Gasteiger partial charge in [-0.15, -0.1) is 0 Å². The van der Waals surface area contributed by atoms with E-state index >= 15 is 0 Å². The third-order valence-electron chi connectivity index (χ3n) is 8.60. The normalized spacial score (nSPS) is 67.7. The molecule has 0 heterocycles. The zero-order chi connectivity index (χ0) is 14.6. The zero-order valence-electron chi connectivity index (χ0n) is 14.0. The lowest BCUT2D eigenvalue weighted by Crippen LogP contribution is -2.58. The summed E-state index contributed by atoms with van der Waals surface area (Å²) in [7, 11) is 0. The largest absolute Gasteiger partial charge is 0.299 e. The Bertz CT molecular complexity index is 514. The molecule has 0 aromatic heterocycles. The summed E-state index contributed by atoms with van der Waals surface area (Å²) in [5, 5.41) is 0. The first kappa shape index (κ1) is 11.2. The van der Waals surface area contributed by atoms with Gasteiger partial charge in [0.05, 0.1) is 0 Å². The highest BCUT2D eigenvalue weighted by Gasteiger charge is 2.59. The van der Waals surface area contributed by atoms with Crippen molar-refractivity contribution in [2.45, 2.75) is 57.8 Å². The molecule has 0 N–H and O–H groups in total. The van der Waals surface area contributed by atoms with Crippen LogP contribution in [0.5, 0.6) is 0 Å². The summed E-state index contributed by atoms with van der Waals surface area (Å²) in [6, 6.07) is 0. The summed E-state index contributed by atoms with van der Waals surface area (Å²) in [5.74, 6) is 6.17. The van der Waals surface area contributed by atoms with Gasteiger partial charge in [0.15, 0.2) is 0 Å². The van der Waals surface area contributed by atoms with Gasteiger partial charge in [-0.2, -0.15) is 0 Å². The Balaban J connectivity index is 1.42. The molecule has 0 aromatic rings. The van der Waals surface area contributed by atoms with E-state index in [0.717, 1.165) is 42.4 Å². The van der Waals surface area contributed by atoms with Crippen molar-refractivity contribution in [3.05, 3.63) is 0 Å². The molecule has 8 fully saturated rings. The van der Waals surface area contributed by atoms with Crippen LogP contribution in [0.3, 0.4) is 0 Å². The molecular formula is C20H28O. The van der Waals surface area contributed by atoms with E-state index in [0.29, 0.717) is 23.5 Å². The van der Waals surface area contributed by atoms with Crippen LogP contribution in [0.4, 0.5) is 0 Å². The molecule has 8 rings (SSSR count). The lowest BCUT2D eigenvalue weighted by Gasteiger charge is -2.62. The minimum absolute atomic E-state index is 0.131. The minimum atomic E-state index is -0.354. The molecule has 8 saturated carbocycles. The van der Waals surface area contributed by atoms with Crippen molar-refractivity contribution >= 4 is 5.78 Å². The second-order valence-electron chi connectivity index (χ2n) is 9.61. The van der Waals surface area contributed by atoms with Gasteiger partial charge in [-0.25, -0.2) is 0 Å². The van der Waals surface area contributed by atoms with Gasteiger partial charge in [-0.05, 0) is 105 Å². The van der Waals surface area contributed by atoms with Crippen LogP contribution in [0.15, 0.2) is 0 Å². The number of ketones is 1. The van der Waals surface area contributed by atoms with E-state index in [-0.39, 0.29) is 11.8 Å². The number of hydrogen-bond acceptors (Lipinski definition) is 1. The lowest BCUT2D eigenvalue weighted by atomic mass is 9.42. The van der Waals surface area contributed by atoms with Crippen LogP contribution < -0.4 is 0 Å². The molecule has 0 aliphatic heterocycles. The van der Waals surface area contributed by atoms with Crippen LogP contribution in [0.2, 0.25) is 0 Å². The van der Waals surface area contributed by atoms with E-state index in [2.05, 4.69) is 0 Å². The van der Waals surface area contributed by atoms with Crippen LogP contribution in [0, 0.1) is 59.2 Å². The van der Waals surface area contributed by atoms with Crippen molar-refractivity contribution in [2.75, 3.05) is 0 Å². The Labute approximate surface area is 129 Å². The van der Waals surface area contributed by atoms with Gasteiger partial charge in [-0.3, -0.25) is 4.79 Å². The predicted molar refractivity (Wildman–Crippen MR) is 81.5 cm³/mol. The van der Waals surface area contributed by atoms with Gasteiger partial charge < -0.3 is 0 Å².